The Hall–Kier alpha value is -3.27. The van der Waals surface area contributed by atoms with Crippen molar-refractivity contribution in [2.75, 3.05) is 49.7 Å². The second-order valence-electron chi connectivity index (χ2n) is 8.26. The van der Waals surface area contributed by atoms with Gasteiger partial charge in [0, 0.05) is 25.8 Å². The fourth-order valence-corrected chi connectivity index (χ4v) is 4.10. The molecule has 7 nitrogen and oxygen atoms in total. The van der Waals surface area contributed by atoms with Crippen LogP contribution in [0, 0.1) is 0 Å². The van der Waals surface area contributed by atoms with Crippen LogP contribution in [0.2, 0.25) is 0 Å². The molecule has 0 fully saturated rings. The minimum absolute atomic E-state index is 0.0514. The van der Waals surface area contributed by atoms with E-state index in [1.54, 1.807) is 6.92 Å². The summed E-state index contributed by atoms with van der Waals surface area (Å²) >= 11 is 0. The Balaban J connectivity index is 1.73. The van der Waals surface area contributed by atoms with Crippen LogP contribution in [0.1, 0.15) is 36.1 Å². The molecule has 3 heterocycles. The molecule has 1 atom stereocenters. The molecule has 176 valence electrons. The van der Waals surface area contributed by atoms with Crippen LogP contribution in [0.5, 0.6) is 6.01 Å². The molecule has 0 spiro atoms. The fourth-order valence-electron chi connectivity index (χ4n) is 4.10. The molecule has 0 saturated carbocycles. The smallest absolute Gasteiger partial charge is 0.416 e. The highest BCUT2D eigenvalue weighted by Gasteiger charge is 2.32. The molecule has 0 radical (unpaired) electrons. The van der Waals surface area contributed by atoms with Gasteiger partial charge in [0.2, 0.25) is 0 Å². The number of nitrogens with one attached hydrogen (secondary N) is 2. The summed E-state index contributed by atoms with van der Waals surface area (Å²) in [5.41, 5.74) is 8.64. The summed E-state index contributed by atoms with van der Waals surface area (Å²) < 4.78 is 45.2. The van der Waals surface area contributed by atoms with Gasteiger partial charge in [-0.1, -0.05) is 6.08 Å². The second kappa shape index (κ2) is 8.93. The van der Waals surface area contributed by atoms with Gasteiger partial charge in [0.15, 0.2) is 0 Å². The minimum Gasteiger partial charge on any atom is -0.467 e. The summed E-state index contributed by atoms with van der Waals surface area (Å²) in [6.07, 6.45) is 0.680. The molecule has 2 aromatic rings. The number of nitrogen functional groups attached to an aromatic ring is 1. The molecule has 0 amide bonds. The zero-order valence-electron chi connectivity index (χ0n) is 18.8. The zero-order valence-corrected chi connectivity index (χ0v) is 18.8. The molecule has 0 aliphatic carbocycles. The van der Waals surface area contributed by atoms with E-state index >= 15 is 0 Å². The van der Waals surface area contributed by atoms with Crippen LogP contribution in [0.4, 0.5) is 30.5 Å². The number of nitrogens with zero attached hydrogens (tertiary/aromatic N) is 3. The Labute approximate surface area is 190 Å². The Morgan fingerprint density at radius 1 is 1.21 bits per heavy atom. The van der Waals surface area contributed by atoms with E-state index in [0.717, 1.165) is 37.2 Å². The van der Waals surface area contributed by atoms with Gasteiger partial charge in [-0.2, -0.15) is 23.1 Å². The van der Waals surface area contributed by atoms with E-state index in [2.05, 4.69) is 32.8 Å². The number of anilines is 3. The molecule has 1 aromatic heterocycles. The van der Waals surface area contributed by atoms with Gasteiger partial charge in [0.1, 0.15) is 11.6 Å². The molecule has 2 aliphatic rings. The first-order chi connectivity index (χ1) is 15.7. The van der Waals surface area contributed by atoms with E-state index in [9.17, 15) is 13.2 Å². The number of nitrogens with two attached hydrogens (primary N) is 1. The normalized spacial score (nSPS) is 17.1. The maximum absolute atomic E-state index is 13.3. The highest BCUT2D eigenvalue weighted by Crippen LogP contribution is 2.37. The topological polar surface area (TPSA) is 88.3 Å². The molecule has 4 N–H and O–H groups in total. The SMILES string of the molecule is COc1nc(N[C@H](C)c2cc(N)cc(C(F)(F)F)c2)c2c(n1)N(C)CC(C1=CCNCC1)=C2. The van der Waals surface area contributed by atoms with Crippen LogP contribution in [-0.4, -0.2) is 43.8 Å². The van der Waals surface area contributed by atoms with Crippen LogP contribution in [-0.2, 0) is 6.18 Å². The Morgan fingerprint density at radius 2 is 2.00 bits per heavy atom. The van der Waals surface area contributed by atoms with Crippen molar-refractivity contribution in [1.29, 1.82) is 0 Å². The lowest BCUT2D eigenvalue weighted by atomic mass is 9.95. The first-order valence-corrected chi connectivity index (χ1v) is 10.7. The lowest BCUT2D eigenvalue weighted by Gasteiger charge is -2.30. The molecule has 0 saturated heterocycles. The van der Waals surface area contributed by atoms with E-state index in [-0.39, 0.29) is 11.7 Å². The number of aromatic nitrogens is 2. The Bertz CT molecular complexity index is 1110. The van der Waals surface area contributed by atoms with Crippen molar-refractivity contribution < 1.29 is 17.9 Å². The van der Waals surface area contributed by atoms with Gasteiger partial charge in [0.05, 0.1) is 24.3 Å². The molecule has 2 aliphatic heterocycles. The standard InChI is InChI=1S/C23H27F3N6O/c1-13(15-8-17(23(24,25)26)11-18(27)9-15)29-20-19-10-16(14-4-6-28-7-5-14)12-32(2)21(19)31-22(30-20)33-3/h4,8-11,13,28H,5-7,12,27H2,1-3H3,(H,29,30,31)/t13-/m1/s1. The van der Waals surface area contributed by atoms with Gasteiger partial charge in [0.25, 0.3) is 0 Å². The summed E-state index contributed by atoms with van der Waals surface area (Å²) in [6, 6.07) is 3.25. The third kappa shape index (κ3) is 4.90. The predicted octanol–water partition coefficient (Wildman–Crippen LogP) is 4.01. The summed E-state index contributed by atoms with van der Waals surface area (Å²) in [5, 5.41) is 6.57. The van der Waals surface area contributed by atoms with Crippen molar-refractivity contribution in [3.63, 3.8) is 0 Å². The van der Waals surface area contributed by atoms with Crippen LogP contribution < -0.4 is 26.0 Å². The average molecular weight is 461 g/mol. The molecule has 4 rings (SSSR count). The maximum atomic E-state index is 13.3. The van der Waals surface area contributed by atoms with E-state index < -0.39 is 17.8 Å². The average Bonchev–Trinajstić information content (AvgIpc) is 2.78. The summed E-state index contributed by atoms with van der Waals surface area (Å²) in [4.78, 5) is 11.0. The first kappa shape index (κ1) is 22.9. The summed E-state index contributed by atoms with van der Waals surface area (Å²) in [7, 11) is 3.42. The molecule has 0 unspecified atom stereocenters. The Kier molecular flexibility index (Phi) is 6.20. The lowest BCUT2D eigenvalue weighted by molar-refractivity contribution is -0.137. The van der Waals surface area contributed by atoms with Crippen molar-refractivity contribution in [2.45, 2.75) is 25.6 Å². The van der Waals surface area contributed by atoms with E-state index in [4.69, 9.17) is 10.5 Å². The largest absolute Gasteiger partial charge is 0.467 e. The highest BCUT2D eigenvalue weighted by molar-refractivity contribution is 5.80. The molecule has 1 aromatic carbocycles. The first-order valence-electron chi connectivity index (χ1n) is 10.7. The maximum Gasteiger partial charge on any atom is 0.416 e. The van der Waals surface area contributed by atoms with E-state index in [1.807, 2.05) is 11.9 Å². The van der Waals surface area contributed by atoms with Crippen molar-refractivity contribution in [2.24, 2.45) is 0 Å². The third-order valence-corrected chi connectivity index (χ3v) is 5.81. The fraction of sp³-hybridized carbons (Fsp3) is 0.391. The van der Waals surface area contributed by atoms with Crippen molar-refractivity contribution in [3.8, 4) is 6.01 Å². The number of hydrogen-bond donors (Lipinski definition) is 3. The number of alkyl halides is 3. The van der Waals surface area contributed by atoms with Gasteiger partial charge >= 0.3 is 12.2 Å². The van der Waals surface area contributed by atoms with Gasteiger partial charge in [-0.25, -0.2) is 0 Å². The number of fused-ring (bicyclic) bond motifs is 1. The molecular weight excluding hydrogens is 433 g/mol. The van der Waals surface area contributed by atoms with Crippen molar-refractivity contribution >= 4 is 23.4 Å². The molecular formula is C23H27F3N6O. The number of ether oxygens (including phenoxy) is 1. The third-order valence-electron chi connectivity index (χ3n) is 5.81. The Morgan fingerprint density at radius 3 is 2.67 bits per heavy atom. The monoisotopic (exact) mass is 460 g/mol. The quantitative estimate of drug-likeness (QED) is 0.581. The minimum atomic E-state index is -4.48. The molecule has 33 heavy (non-hydrogen) atoms. The van der Waals surface area contributed by atoms with E-state index in [0.29, 0.717) is 23.7 Å². The highest BCUT2D eigenvalue weighted by atomic mass is 19.4. The number of rotatable bonds is 5. The predicted molar refractivity (Wildman–Crippen MR) is 123 cm³/mol. The number of hydrogen-bond acceptors (Lipinski definition) is 7. The van der Waals surface area contributed by atoms with Gasteiger partial charge in [-0.15, -0.1) is 0 Å². The second-order valence-corrected chi connectivity index (χ2v) is 8.26. The zero-order chi connectivity index (χ0) is 23.8. The summed E-state index contributed by atoms with van der Waals surface area (Å²) in [5.74, 6) is 1.18. The van der Waals surface area contributed by atoms with Gasteiger partial charge < -0.3 is 26.0 Å². The number of halogens is 3. The van der Waals surface area contributed by atoms with Crippen LogP contribution >= 0.6 is 0 Å². The van der Waals surface area contributed by atoms with Gasteiger partial charge in [-0.05, 0) is 60.9 Å². The van der Waals surface area contributed by atoms with Crippen molar-refractivity contribution in [3.05, 3.63) is 52.1 Å². The van der Waals surface area contributed by atoms with Crippen LogP contribution in [0.25, 0.3) is 6.08 Å². The number of methoxy groups -OCH3 is 1. The number of likely N-dealkylation sites (N-methyl/N-ethyl adjacent to an activating group) is 1. The lowest BCUT2D eigenvalue weighted by Crippen LogP contribution is -2.29. The van der Waals surface area contributed by atoms with Crippen molar-refractivity contribution in [1.82, 2.24) is 15.3 Å². The summed E-state index contributed by atoms with van der Waals surface area (Å²) in [6.45, 7) is 4.19. The van der Waals surface area contributed by atoms with E-state index in [1.165, 1.54) is 24.3 Å². The van der Waals surface area contributed by atoms with Crippen LogP contribution in [0.3, 0.4) is 0 Å². The number of benzene rings is 1. The van der Waals surface area contributed by atoms with Crippen LogP contribution in [0.15, 0.2) is 35.4 Å². The van der Waals surface area contributed by atoms with Gasteiger partial charge in [-0.3, -0.25) is 0 Å². The molecule has 10 heteroatoms. The molecule has 0 bridgehead atoms.